The molecule has 1 amide bonds. The highest BCUT2D eigenvalue weighted by molar-refractivity contribution is 5.74. The zero-order valence-corrected chi connectivity index (χ0v) is 14.4. The van der Waals surface area contributed by atoms with Crippen LogP contribution in [0.2, 0.25) is 0 Å². The summed E-state index contributed by atoms with van der Waals surface area (Å²) in [5.41, 5.74) is 6.16. The standard InChI is InChI=1S/C18H20FN5O2/c1-10(25)24-8-12-7-23(15-6-16(26)22-18(20)21-15)9-14(12)17(24)11-3-2-4-13(19)5-11/h2-6,12,14,17H,7-9H2,1H3,(H3,20,21,22,26)/t12-,14-,17-/m1/s1. The number of anilines is 2. The molecule has 0 saturated carbocycles. The number of likely N-dealkylation sites (tertiary alicyclic amines) is 1. The first-order valence-corrected chi connectivity index (χ1v) is 8.57. The number of nitrogen functional groups attached to an aromatic ring is 1. The van der Waals surface area contributed by atoms with Crippen molar-refractivity contribution in [2.24, 2.45) is 11.8 Å². The molecular weight excluding hydrogens is 337 g/mol. The third-order valence-electron chi connectivity index (χ3n) is 5.33. The summed E-state index contributed by atoms with van der Waals surface area (Å²) in [6, 6.07) is 7.67. The number of carbonyl (C=O) groups is 1. The summed E-state index contributed by atoms with van der Waals surface area (Å²) in [7, 11) is 0. The molecule has 0 spiro atoms. The maximum Gasteiger partial charge on any atom is 0.254 e. The van der Waals surface area contributed by atoms with E-state index in [-0.39, 0.29) is 41.1 Å². The number of fused-ring (bicyclic) bond motifs is 1. The maximum absolute atomic E-state index is 13.7. The van der Waals surface area contributed by atoms with E-state index >= 15 is 0 Å². The number of halogens is 1. The zero-order chi connectivity index (χ0) is 18.4. The monoisotopic (exact) mass is 357 g/mol. The molecule has 3 N–H and O–H groups in total. The summed E-state index contributed by atoms with van der Waals surface area (Å²) in [4.78, 5) is 34.3. The van der Waals surface area contributed by atoms with Crippen molar-refractivity contribution in [3.63, 3.8) is 0 Å². The second-order valence-corrected chi connectivity index (χ2v) is 6.99. The van der Waals surface area contributed by atoms with Gasteiger partial charge < -0.3 is 15.5 Å². The number of nitrogens with zero attached hydrogens (tertiary/aromatic N) is 3. The maximum atomic E-state index is 13.7. The third kappa shape index (κ3) is 2.81. The number of hydrogen-bond donors (Lipinski definition) is 2. The van der Waals surface area contributed by atoms with Crippen molar-refractivity contribution in [1.29, 1.82) is 0 Å². The normalized spacial score (nSPS) is 24.8. The average molecular weight is 357 g/mol. The fraction of sp³-hybridized carbons (Fsp3) is 0.389. The first-order valence-electron chi connectivity index (χ1n) is 8.57. The number of H-pyrrole nitrogens is 1. The number of benzene rings is 1. The van der Waals surface area contributed by atoms with Gasteiger partial charge in [-0.3, -0.25) is 14.6 Å². The van der Waals surface area contributed by atoms with Crippen molar-refractivity contribution >= 4 is 17.7 Å². The minimum atomic E-state index is -0.312. The average Bonchev–Trinajstić information content (AvgIpc) is 3.11. The van der Waals surface area contributed by atoms with Crippen LogP contribution in [0.25, 0.3) is 0 Å². The molecule has 2 aliphatic rings. The van der Waals surface area contributed by atoms with Crippen molar-refractivity contribution in [3.8, 4) is 0 Å². The number of carbonyl (C=O) groups excluding carboxylic acids is 1. The van der Waals surface area contributed by atoms with Crippen molar-refractivity contribution in [2.45, 2.75) is 13.0 Å². The van der Waals surface area contributed by atoms with E-state index in [1.165, 1.54) is 18.2 Å². The van der Waals surface area contributed by atoms with E-state index in [0.717, 1.165) is 5.56 Å². The minimum Gasteiger partial charge on any atom is -0.369 e. The van der Waals surface area contributed by atoms with Crippen LogP contribution in [0.4, 0.5) is 16.2 Å². The summed E-state index contributed by atoms with van der Waals surface area (Å²) < 4.78 is 13.7. The van der Waals surface area contributed by atoms with Crippen LogP contribution in [-0.4, -0.2) is 40.4 Å². The van der Waals surface area contributed by atoms with E-state index in [2.05, 4.69) is 9.97 Å². The molecule has 2 aromatic rings. The topological polar surface area (TPSA) is 95.3 Å². The number of aromatic nitrogens is 2. The van der Waals surface area contributed by atoms with Crippen LogP contribution >= 0.6 is 0 Å². The molecule has 8 heteroatoms. The minimum absolute atomic E-state index is 0.0151. The Morgan fingerprint density at radius 3 is 2.81 bits per heavy atom. The van der Waals surface area contributed by atoms with Gasteiger partial charge in [0.1, 0.15) is 11.6 Å². The lowest BCUT2D eigenvalue weighted by Crippen LogP contribution is -2.35. The van der Waals surface area contributed by atoms with Gasteiger partial charge in [-0.25, -0.2) is 4.39 Å². The Morgan fingerprint density at radius 1 is 1.31 bits per heavy atom. The smallest absolute Gasteiger partial charge is 0.254 e. The molecule has 26 heavy (non-hydrogen) atoms. The molecule has 3 heterocycles. The fourth-order valence-corrected chi connectivity index (χ4v) is 4.30. The molecule has 0 bridgehead atoms. The zero-order valence-electron chi connectivity index (χ0n) is 14.4. The van der Waals surface area contributed by atoms with E-state index in [4.69, 9.17) is 5.73 Å². The van der Waals surface area contributed by atoms with Crippen LogP contribution in [0, 0.1) is 17.7 Å². The number of amides is 1. The second-order valence-electron chi connectivity index (χ2n) is 6.99. The van der Waals surface area contributed by atoms with Crippen LogP contribution in [-0.2, 0) is 4.79 Å². The van der Waals surface area contributed by atoms with Gasteiger partial charge in [-0.15, -0.1) is 0 Å². The number of nitrogens with one attached hydrogen (secondary N) is 1. The van der Waals surface area contributed by atoms with Gasteiger partial charge in [0.15, 0.2) is 0 Å². The van der Waals surface area contributed by atoms with Gasteiger partial charge in [0.2, 0.25) is 11.9 Å². The summed E-state index contributed by atoms with van der Waals surface area (Å²) in [5, 5.41) is 0. The van der Waals surface area contributed by atoms with E-state index in [1.54, 1.807) is 13.0 Å². The predicted molar refractivity (Wildman–Crippen MR) is 95.0 cm³/mol. The number of hydrogen-bond acceptors (Lipinski definition) is 5. The van der Waals surface area contributed by atoms with Gasteiger partial charge in [0, 0.05) is 44.5 Å². The predicted octanol–water partition coefficient (Wildman–Crippen LogP) is 1.15. The second kappa shape index (κ2) is 6.12. The highest BCUT2D eigenvalue weighted by Crippen LogP contribution is 2.45. The summed E-state index contributed by atoms with van der Waals surface area (Å²) >= 11 is 0. The molecular formula is C18H20FN5O2. The molecule has 136 valence electrons. The van der Waals surface area contributed by atoms with E-state index in [1.807, 2.05) is 15.9 Å². The first-order chi connectivity index (χ1) is 12.4. The summed E-state index contributed by atoms with van der Waals surface area (Å²) in [6.45, 7) is 3.46. The lowest BCUT2D eigenvalue weighted by molar-refractivity contribution is -0.130. The van der Waals surface area contributed by atoms with Crippen molar-refractivity contribution < 1.29 is 9.18 Å². The van der Waals surface area contributed by atoms with Crippen LogP contribution in [0.15, 0.2) is 35.1 Å². The fourth-order valence-electron chi connectivity index (χ4n) is 4.30. The molecule has 4 rings (SSSR count). The van der Waals surface area contributed by atoms with E-state index in [9.17, 15) is 14.0 Å². The quantitative estimate of drug-likeness (QED) is 0.841. The van der Waals surface area contributed by atoms with Crippen LogP contribution in [0.5, 0.6) is 0 Å². The molecule has 2 aliphatic heterocycles. The molecule has 0 unspecified atom stereocenters. The number of rotatable bonds is 2. The SMILES string of the molecule is CC(=O)N1C[C@H]2CN(c3cc(=O)[nH]c(N)n3)C[C@H]2[C@H]1c1cccc(F)c1. The Morgan fingerprint density at radius 2 is 2.12 bits per heavy atom. The largest absolute Gasteiger partial charge is 0.369 e. The van der Waals surface area contributed by atoms with Gasteiger partial charge in [-0.1, -0.05) is 12.1 Å². The highest BCUT2D eigenvalue weighted by Gasteiger charge is 2.48. The Bertz CT molecular complexity index is 914. The molecule has 1 aromatic carbocycles. The number of nitrogens with two attached hydrogens (primary N) is 1. The lowest BCUT2D eigenvalue weighted by atomic mass is 9.89. The Labute approximate surface area is 149 Å². The Kier molecular flexibility index (Phi) is 3.90. The molecule has 0 radical (unpaired) electrons. The molecule has 1 aromatic heterocycles. The van der Waals surface area contributed by atoms with Gasteiger partial charge in [-0.2, -0.15) is 4.98 Å². The van der Waals surface area contributed by atoms with Gasteiger partial charge in [-0.05, 0) is 17.7 Å². The Hall–Kier alpha value is -2.90. The molecule has 2 saturated heterocycles. The first kappa shape index (κ1) is 16.6. The number of aromatic amines is 1. The van der Waals surface area contributed by atoms with Crippen LogP contribution in [0.1, 0.15) is 18.5 Å². The molecule has 0 aliphatic carbocycles. The van der Waals surface area contributed by atoms with E-state index < -0.39 is 0 Å². The molecule has 3 atom stereocenters. The summed E-state index contributed by atoms with van der Waals surface area (Å²) in [5.74, 6) is 0.661. The molecule has 2 fully saturated rings. The summed E-state index contributed by atoms with van der Waals surface area (Å²) in [6.07, 6.45) is 0. The lowest BCUT2D eigenvalue weighted by Gasteiger charge is -2.29. The van der Waals surface area contributed by atoms with Crippen LogP contribution < -0.4 is 16.2 Å². The Balaban J connectivity index is 1.66. The van der Waals surface area contributed by atoms with Crippen molar-refractivity contribution in [3.05, 3.63) is 52.1 Å². The van der Waals surface area contributed by atoms with Gasteiger partial charge in [0.05, 0.1) is 6.04 Å². The van der Waals surface area contributed by atoms with Gasteiger partial charge in [0.25, 0.3) is 5.56 Å². The van der Waals surface area contributed by atoms with E-state index in [0.29, 0.717) is 25.5 Å². The highest BCUT2D eigenvalue weighted by atomic mass is 19.1. The molecule has 7 nitrogen and oxygen atoms in total. The third-order valence-corrected chi connectivity index (χ3v) is 5.33. The van der Waals surface area contributed by atoms with Crippen LogP contribution in [0.3, 0.4) is 0 Å². The van der Waals surface area contributed by atoms with Crippen molar-refractivity contribution in [1.82, 2.24) is 14.9 Å². The van der Waals surface area contributed by atoms with Gasteiger partial charge >= 0.3 is 0 Å². The van der Waals surface area contributed by atoms with Crippen molar-refractivity contribution in [2.75, 3.05) is 30.3 Å².